The zero-order valence-electron chi connectivity index (χ0n) is 12.1. The molecule has 1 atom stereocenters. The second kappa shape index (κ2) is 7.74. The summed E-state index contributed by atoms with van der Waals surface area (Å²) in [5.74, 6) is -0.121. The van der Waals surface area contributed by atoms with E-state index in [4.69, 9.17) is 4.74 Å². The first-order valence-corrected chi connectivity index (χ1v) is 7.27. The van der Waals surface area contributed by atoms with Gasteiger partial charge in [0.1, 0.15) is 5.54 Å². The molecule has 0 aliphatic carbocycles. The molecule has 1 aliphatic heterocycles. The van der Waals surface area contributed by atoms with Crippen molar-refractivity contribution >= 4 is 5.97 Å². The predicted molar refractivity (Wildman–Crippen MR) is 73.6 cm³/mol. The molecule has 1 saturated heterocycles. The smallest absolute Gasteiger partial charge is 0.326 e. The van der Waals surface area contributed by atoms with Gasteiger partial charge in [-0.2, -0.15) is 0 Å². The molecule has 0 aromatic rings. The van der Waals surface area contributed by atoms with Crippen LogP contribution in [-0.2, 0) is 9.53 Å². The molecule has 0 spiro atoms. The fourth-order valence-electron chi connectivity index (χ4n) is 2.51. The SMILES string of the molecule is CCNC(C)(CCN1CCCCC1)C(=O)OCC. The summed E-state index contributed by atoms with van der Waals surface area (Å²) in [6.07, 6.45) is 4.74. The van der Waals surface area contributed by atoms with Crippen LogP contribution in [-0.4, -0.2) is 49.2 Å². The predicted octanol–water partition coefficient (Wildman–Crippen LogP) is 1.79. The highest BCUT2D eigenvalue weighted by atomic mass is 16.5. The van der Waals surface area contributed by atoms with Crippen LogP contribution in [0.15, 0.2) is 0 Å². The third-order valence-corrected chi connectivity index (χ3v) is 3.67. The van der Waals surface area contributed by atoms with Crippen molar-refractivity contribution in [3.63, 3.8) is 0 Å². The average molecular weight is 256 g/mol. The van der Waals surface area contributed by atoms with Gasteiger partial charge in [-0.1, -0.05) is 13.3 Å². The lowest BCUT2D eigenvalue weighted by Crippen LogP contribution is -2.52. The number of carbonyl (C=O) groups excluding carboxylic acids is 1. The van der Waals surface area contributed by atoms with Gasteiger partial charge in [0.05, 0.1) is 6.61 Å². The Morgan fingerprint density at radius 1 is 1.28 bits per heavy atom. The number of nitrogens with zero attached hydrogens (tertiary/aromatic N) is 1. The maximum Gasteiger partial charge on any atom is 0.326 e. The topological polar surface area (TPSA) is 41.6 Å². The number of likely N-dealkylation sites (N-methyl/N-ethyl adjacent to an activating group) is 1. The number of rotatable bonds is 7. The minimum atomic E-state index is -0.539. The molecule has 1 fully saturated rings. The molecule has 4 heteroatoms. The van der Waals surface area contributed by atoms with Gasteiger partial charge in [-0.25, -0.2) is 0 Å². The molecule has 0 saturated carbocycles. The van der Waals surface area contributed by atoms with E-state index in [0.717, 1.165) is 19.5 Å². The molecule has 1 N–H and O–H groups in total. The molecule has 1 heterocycles. The van der Waals surface area contributed by atoms with Gasteiger partial charge in [0, 0.05) is 6.54 Å². The van der Waals surface area contributed by atoms with Crippen molar-refractivity contribution in [1.29, 1.82) is 0 Å². The van der Waals surface area contributed by atoms with Crippen LogP contribution in [0.5, 0.6) is 0 Å². The van der Waals surface area contributed by atoms with E-state index in [1.54, 1.807) is 0 Å². The molecular weight excluding hydrogens is 228 g/mol. The van der Waals surface area contributed by atoms with Crippen LogP contribution in [0.2, 0.25) is 0 Å². The standard InChI is InChI=1S/C14H28N2O2/c1-4-15-14(3,13(17)18-5-2)9-12-16-10-7-6-8-11-16/h15H,4-12H2,1-3H3. The summed E-state index contributed by atoms with van der Waals surface area (Å²) in [7, 11) is 0. The third kappa shape index (κ3) is 4.58. The van der Waals surface area contributed by atoms with Crippen LogP contribution in [0.25, 0.3) is 0 Å². The number of piperidine rings is 1. The zero-order valence-corrected chi connectivity index (χ0v) is 12.1. The number of ether oxygens (including phenoxy) is 1. The van der Waals surface area contributed by atoms with Crippen molar-refractivity contribution < 1.29 is 9.53 Å². The highest BCUT2D eigenvalue weighted by molar-refractivity contribution is 5.80. The highest BCUT2D eigenvalue weighted by Gasteiger charge is 2.33. The van der Waals surface area contributed by atoms with Gasteiger partial charge in [-0.05, 0) is 52.7 Å². The van der Waals surface area contributed by atoms with Gasteiger partial charge in [0.15, 0.2) is 0 Å². The molecule has 0 amide bonds. The monoisotopic (exact) mass is 256 g/mol. The summed E-state index contributed by atoms with van der Waals surface area (Å²) >= 11 is 0. The van der Waals surface area contributed by atoms with Crippen molar-refractivity contribution in [1.82, 2.24) is 10.2 Å². The van der Waals surface area contributed by atoms with Crippen molar-refractivity contribution in [3.05, 3.63) is 0 Å². The number of hydrogen-bond acceptors (Lipinski definition) is 4. The van der Waals surface area contributed by atoms with Crippen molar-refractivity contribution in [2.24, 2.45) is 0 Å². The second-order valence-corrected chi connectivity index (χ2v) is 5.24. The van der Waals surface area contributed by atoms with Crippen molar-refractivity contribution in [2.45, 2.75) is 52.0 Å². The number of likely N-dealkylation sites (tertiary alicyclic amines) is 1. The molecule has 106 valence electrons. The van der Waals surface area contributed by atoms with Crippen molar-refractivity contribution in [2.75, 3.05) is 32.8 Å². The van der Waals surface area contributed by atoms with Gasteiger partial charge in [0.25, 0.3) is 0 Å². The lowest BCUT2D eigenvalue weighted by atomic mass is 9.96. The van der Waals surface area contributed by atoms with Crippen LogP contribution in [0.1, 0.15) is 46.5 Å². The molecule has 4 nitrogen and oxygen atoms in total. The fourth-order valence-corrected chi connectivity index (χ4v) is 2.51. The third-order valence-electron chi connectivity index (χ3n) is 3.67. The Hall–Kier alpha value is -0.610. The Morgan fingerprint density at radius 2 is 1.94 bits per heavy atom. The quantitative estimate of drug-likeness (QED) is 0.705. The van der Waals surface area contributed by atoms with E-state index in [2.05, 4.69) is 10.2 Å². The van der Waals surface area contributed by atoms with E-state index < -0.39 is 5.54 Å². The largest absolute Gasteiger partial charge is 0.465 e. The molecule has 1 rings (SSSR count). The summed E-state index contributed by atoms with van der Waals surface area (Å²) in [5, 5.41) is 3.28. The second-order valence-electron chi connectivity index (χ2n) is 5.24. The lowest BCUT2D eigenvalue weighted by molar-refractivity contribution is -0.151. The molecule has 1 unspecified atom stereocenters. The first-order chi connectivity index (χ1) is 8.62. The number of esters is 1. The van der Waals surface area contributed by atoms with E-state index in [-0.39, 0.29) is 5.97 Å². The summed E-state index contributed by atoms with van der Waals surface area (Å²) in [5.41, 5.74) is -0.539. The Balaban J connectivity index is 2.47. The zero-order chi connectivity index (χ0) is 13.4. The maximum atomic E-state index is 12.0. The van der Waals surface area contributed by atoms with Gasteiger partial charge in [-0.15, -0.1) is 0 Å². The summed E-state index contributed by atoms with van der Waals surface area (Å²) in [6.45, 7) is 10.4. The van der Waals surface area contributed by atoms with E-state index in [0.29, 0.717) is 6.61 Å². The fraction of sp³-hybridized carbons (Fsp3) is 0.929. The van der Waals surface area contributed by atoms with E-state index in [1.807, 2.05) is 20.8 Å². The molecule has 1 aliphatic rings. The molecule has 0 aromatic heterocycles. The molecular formula is C14H28N2O2. The Labute approximate surface area is 111 Å². The van der Waals surface area contributed by atoms with Crippen LogP contribution < -0.4 is 5.32 Å². The van der Waals surface area contributed by atoms with Gasteiger partial charge < -0.3 is 15.0 Å². The van der Waals surface area contributed by atoms with E-state index in [1.165, 1.54) is 32.4 Å². The van der Waals surface area contributed by atoms with E-state index >= 15 is 0 Å². The highest BCUT2D eigenvalue weighted by Crippen LogP contribution is 2.16. The summed E-state index contributed by atoms with van der Waals surface area (Å²) in [6, 6.07) is 0. The Morgan fingerprint density at radius 3 is 2.50 bits per heavy atom. The minimum absolute atomic E-state index is 0.121. The summed E-state index contributed by atoms with van der Waals surface area (Å²) in [4.78, 5) is 14.5. The van der Waals surface area contributed by atoms with Crippen LogP contribution in [0, 0.1) is 0 Å². The van der Waals surface area contributed by atoms with Gasteiger partial charge in [-0.3, -0.25) is 4.79 Å². The Kier molecular flexibility index (Phi) is 6.65. The molecule has 0 bridgehead atoms. The molecule has 0 aromatic carbocycles. The first kappa shape index (κ1) is 15.4. The number of carbonyl (C=O) groups is 1. The number of hydrogen-bond donors (Lipinski definition) is 1. The Bertz CT molecular complexity index is 252. The van der Waals surface area contributed by atoms with E-state index in [9.17, 15) is 4.79 Å². The number of nitrogens with one attached hydrogen (secondary N) is 1. The van der Waals surface area contributed by atoms with Crippen LogP contribution in [0.4, 0.5) is 0 Å². The van der Waals surface area contributed by atoms with Crippen LogP contribution in [0.3, 0.4) is 0 Å². The van der Waals surface area contributed by atoms with Gasteiger partial charge in [0.2, 0.25) is 0 Å². The summed E-state index contributed by atoms with van der Waals surface area (Å²) < 4.78 is 5.18. The molecule has 0 radical (unpaired) electrons. The normalized spacial score (nSPS) is 20.4. The average Bonchev–Trinajstić information content (AvgIpc) is 2.38. The molecule has 18 heavy (non-hydrogen) atoms. The maximum absolute atomic E-state index is 12.0. The van der Waals surface area contributed by atoms with Gasteiger partial charge >= 0.3 is 5.97 Å². The lowest BCUT2D eigenvalue weighted by Gasteiger charge is -2.32. The van der Waals surface area contributed by atoms with Crippen molar-refractivity contribution in [3.8, 4) is 0 Å². The first-order valence-electron chi connectivity index (χ1n) is 7.27. The van der Waals surface area contributed by atoms with Crippen LogP contribution >= 0.6 is 0 Å². The minimum Gasteiger partial charge on any atom is -0.465 e.